The molecule has 9 heteroatoms. The first kappa shape index (κ1) is 15.6. The molecule has 0 unspecified atom stereocenters. The number of ether oxygens (including phenoxy) is 1. The Morgan fingerprint density at radius 3 is 2.68 bits per heavy atom. The standard InChI is InChI=1S/C10H17N3O5S/c1-3-19(16,17)6-4-5-13-8(7-18-2)9(10(14)15)11-12-13/h3-7H2,1-2H3,(H,14,15). The van der Waals surface area contributed by atoms with Crippen LogP contribution in [0.2, 0.25) is 0 Å². The Kier molecular flexibility index (Phi) is 5.43. The number of aromatic carboxylic acids is 1. The summed E-state index contributed by atoms with van der Waals surface area (Å²) >= 11 is 0. The van der Waals surface area contributed by atoms with E-state index in [4.69, 9.17) is 9.84 Å². The van der Waals surface area contributed by atoms with E-state index in [2.05, 4.69) is 10.3 Å². The summed E-state index contributed by atoms with van der Waals surface area (Å²) in [6.07, 6.45) is 0.356. The average molecular weight is 291 g/mol. The Bertz CT molecular complexity index is 537. The molecule has 0 amide bonds. The van der Waals surface area contributed by atoms with E-state index in [0.29, 0.717) is 12.1 Å². The third kappa shape index (κ3) is 4.28. The maximum absolute atomic E-state index is 11.3. The topological polar surface area (TPSA) is 111 Å². The van der Waals surface area contributed by atoms with Crippen molar-refractivity contribution in [2.45, 2.75) is 26.5 Å². The van der Waals surface area contributed by atoms with Crippen LogP contribution in [0.25, 0.3) is 0 Å². The van der Waals surface area contributed by atoms with Gasteiger partial charge >= 0.3 is 5.97 Å². The molecule has 19 heavy (non-hydrogen) atoms. The minimum absolute atomic E-state index is 0.0399. The van der Waals surface area contributed by atoms with Gasteiger partial charge in [-0.2, -0.15) is 0 Å². The second-order valence-corrected chi connectivity index (χ2v) is 6.41. The van der Waals surface area contributed by atoms with Gasteiger partial charge in [0, 0.05) is 19.4 Å². The number of aromatic nitrogens is 3. The van der Waals surface area contributed by atoms with Crippen LogP contribution in [0, 0.1) is 0 Å². The number of carbonyl (C=O) groups is 1. The molecule has 1 N–H and O–H groups in total. The number of aryl methyl sites for hydroxylation is 1. The predicted molar refractivity (Wildman–Crippen MR) is 66.6 cm³/mol. The summed E-state index contributed by atoms with van der Waals surface area (Å²) in [5, 5.41) is 16.2. The molecule has 0 radical (unpaired) electrons. The molecule has 0 atom stereocenters. The zero-order valence-corrected chi connectivity index (χ0v) is 11.7. The number of carboxylic acid groups (broad SMARTS) is 1. The molecule has 1 rings (SSSR count). The summed E-state index contributed by atoms with van der Waals surface area (Å²) in [4.78, 5) is 10.9. The number of carboxylic acids is 1. The molecule has 8 nitrogen and oxygen atoms in total. The molecule has 1 heterocycles. The van der Waals surface area contributed by atoms with E-state index < -0.39 is 15.8 Å². The molecule has 1 aromatic rings. The second-order valence-electron chi connectivity index (χ2n) is 3.94. The third-order valence-electron chi connectivity index (χ3n) is 2.59. The maximum atomic E-state index is 11.3. The Labute approximate surface area is 111 Å². The van der Waals surface area contributed by atoms with Crippen molar-refractivity contribution in [3.8, 4) is 0 Å². The molecule has 108 valence electrons. The predicted octanol–water partition coefficient (Wildman–Crippen LogP) is -0.0525. The number of rotatable bonds is 8. The quantitative estimate of drug-likeness (QED) is 0.714. The van der Waals surface area contributed by atoms with Crippen molar-refractivity contribution in [1.82, 2.24) is 15.0 Å². The largest absolute Gasteiger partial charge is 0.476 e. The lowest BCUT2D eigenvalue weighted by atomic mass is 10.3. The third-order valence-corrected chi connectivity index (χ3v) is 4.38. The van der Waals surface area contributed by atoms with E-state index in [1.165, 1.54) is 11.8 Å². The van der Waals surface area contributed by atoms with Crippen LogP contribution >= 0.6 is 0 Å². The molecule has 0 aliphatic heterocycles. The summed E-state index contributed by atoms with van der Waals surface area (Å²) in [5.41, 5.74) is 0.170. The summed E-state index contributed by atoms with van der Waals surface area (Å²) in [6.45, 7) is 1.94. The van der Waals surface area contributed by atoms with Crippen LogP contribution in [-0.4, -0.2) is 53.1 Å². The number of sulfone groups is 1. The lowest BCUT2D eigenvalue weighted by Gasteiger charge is -2.06. The molecule has 0 aliphatic carbocycles. The average Bonchev–Trinajstić information content (AvgIpc) is 2.73. The summed E-state index contributed by atoms with van der Waals surface area (Å²) < 4.78 is 29.0. The first-order valence-electron chi connectivity index (χ1n) is 5.76. The Balaban J connectivity index is 2.76. The molecule has 0 aliphatic rings. The number of methoxy groups -OCH3 is 1. The van der Waals surface area contributed by atoms with Crippen molar-refractivity contribution in [3.05, 3.63) is 11.4 Å². The lowest BCUT2D eigenvalue weighted by molar-refractivity contribution is 0.0684. The highest BCUT2D eigenvalue weighted by molar-refractivity contribution is 7.91. The highest BCUT2D eigenvalue weighted by atomic mass is 32.2. The fourth-order valence-corrected chi connectivity index (χ4v) is 2.39. The summed E-state index contributed by atoms with van der Waals surface area (Å²) in [6, 6.07) is 0. The maximum Gasteiger partial charge on any atom is 0.358 e. The first-order valence-corrected chi connectivity index (χ1v) is 7.58. The van der Waals surface area contributed by atoms with Crippen LogP contribution in [-0.2, 0) is 27.7 Å². The van der Waals surface area contributed by atoms with Crippen molar-refractivity contribution in [2.75, 3.05) is 18.6 Å². The highest BCUT2D eigenvalue weighted by Crippen LogP contribution is 2.08. The minimum Gasteiger partial charge on any atom is -0.476 e. The monoisotopic (exact) mass is 291 g/mol. The van der Waals surface area contributed by atoms with Crippen LogP contribution in [0.15, 0.2) is 0 Å². The Hall–Kier alpha value is -1.48. The fraction of sp³-hybridized carbons (Fsp3) is 0.700. The van der Waals surface area contributed by atoms with Crippen molar-refractivity contribution < 1.29 is 23.1 Å². The summed E-state index contributed by atoms with van der Waals surface area (Å²) in [5.74, 6) is -1.05. The SMILES string of the molecule is CCS(=O)(=O)CCCn1nnc(C(=O)O)c1COC. The molecular weight excluding hydrogens is 274 g/mol. The normalized spacial score (nSPS) is 11.7. The van der Waals surface area contributed by atoms with E-state index in [0.717, 1.165) is 0 Å². The molecule has 0 spiro atoms. The summed E-state index contributed by atoms with van der Waals surface area (Å²) in [7, 11) is -1.60. The van der Waals surface area contributed by atoms with Gasteiger partial charge in [0.1, 0.15) is 9.84 Å². The van der Waals surface area contributed by atoms with E-state index >= 15 is 0 Å². The van der Waals surface area contributed by atoms with E-state index in [-0.39, 0.29) is 30.4 Å². The van der Waals surface area contributed by atoms with Gasteiger partial charge in [-0.3, -0.25) is 0 Å². The number of hydrogen-bond donors (Lipinski definition) is 1. The van der Waals surface area contributed by atoms with Gasteiger partial charge in [0.05, 0.1) is 18.1 Å². The lowest BCUT2D eigenvalue weighted by Crippen LogP contribution is -2.14. The molecule has 0 fully saturated rings. The van der Waals surface area contributed by atoms with Gasteiger partial charge in [-0.05, 0) is 6.42 Å². The Morgan fingerprint density at radius 2 is 2.16 bits per heavy atom. The smallest absolute Gasteiger partial charge is 0.358 e. The van der Waals surface area contributed by atoms with Crippen LogP contribution in [0.5, 0.6) is 0 Å². The Morgan fingerprint density at radius 1 is 1.47 bits per heavy atom. The van der Waals surface area contributed by atoms with Crippen LogP contribution in [0.4, 0.5) is 0 Å². The first-order chi connectivity index (χ1) is 8.91. The van der Waals surface area contributed by atoms with Gasteiger partial charge in [-0.25, -0.2) is 17.9 Å². The highest BCUT2D eigenvalue weighted by Gasteiger charge is 2.19. The van der Waals surface area contributed by atoms with Crippen molar-refractivity contribution >= 4 is 15.8 Å². The van der Waals surface area contributed by atoms with Crippen molar-refractivity contribution in [3.63, 3.8) is 0 Å². The van der Waals surface area contributed by atoms with Crippen molar-refractivity contribution in [1.29, 1.82) is 0 Å². The van der Waals surface area contributed by atoms with E-state index in [1.54, 1.807) is 6.92 Å². The van der Waals surface area contributed by atoms with Gasteiger partial charge in [0.15, 0.2) is 5.69 Å². The fourth-order valence-electron chi connectivity index (χ4n) is 1.54. The number of nitrogens with zero attached hydrogens (tertiary/aromatic N) is 3. The van der Waals surface area contributed by atoms with Gasteiger partial charge in [-0.1, -0.05) is 12.1 Å². The van der Waals surface area contributed by atoms with E-state index in [1.807, 2.05) is 0 Å². The van der Waals surface area contributed by atoms with Gasteiger partial charge in [0.25, 0.3) is 0 Å². The van der Waals surface area contributed by atoms with Gasteiger partial charge in [-0.15, -0.1) is 5.10 Å². The van der Waals surface area contributed by atoms with Crippen LogP contribution < -0.4 is 0 Å². The zero-order chi connectivity index (χ0) is 14.5. The van der Waals surface area contributed by atoms with Gasteiger partial charge in [0.2, 0.25) is 0 Å². The van der Waals surface area contributed by atoms with Crippen LogP contribution in [0.1, 0.15) is 29.5 Å². The molecule has 0 saturated carbocycles. The second kappa shape index (κ2) is 6.62. The number of hydrogen-bond acceptors (Lipinski definition) is 6. The molecule has 0 bridgehead atoms. The molecule has 1 aromatic heterocycles. The minimum atomic E-state index is -3.03. The molecule has 0 aromatic carbocycles. The van der Waals surface area contributed by atoms with Crippen LogP contribution in [0.3, 0.4) is 0 Å². The van der Waals surface area contributed by atoms with E-state index in [9.17, 15) is 13.2 Å². The zero-order valence-electron chi connectivity index (χ0n) is 10.9. The molecule has 0 saturated heterocycles. The van der Waals surface area contributed by atoms with Gasteiger partial charge < -0.3 is 9.84 Å². The molecular formula is C10H17N3O5S. The van der Waals surface area contributed by atoms with Crippen molar-refractivity contribution in [2.24, 2.45) is 0 Å².